The molecule has 0 saturated heterocycles. The first-order valence-corrected chi connectivity index (χ1v) is 7.89. The quantitative estimate of drug-likeness (QED) is 0.918. The van der Waals surface area contributed by atoms with Crippen molar-refractivity contribution in [2.24, 2.45) is 5.73 Å². The van der Waals surface area contributed by atoms with E-state index in [1.807, 2.05) is 0 Å². The maximum atomic E-state index is 6.20. The van der Waals surface area contributed by atoms with E-state index in [1.54, 1.807) is 0 Å². The molecule has 2 aromatic carbocycles. The van der Waals surface area contributed by atoms with E-state index < -0.39 is 0 Å². The molecule has 2 heteroatoms. The van der Waals surface area contributed by atoms with Gasteiger partial charge in [-0.25, -0.2) is 0 Å². The summed E-state index contributed by atoms with van der Waals surface area (Å²) in [6.07, 6.45) is 3.10. The van der Waals surface area contributed by atoms with Crippen LogP contribution in [0.15, 0.2) is 42.5 Å². The van der Waals surface area contributed by atoms with Gasteiger partial charge in [0.05, 0.1) is 0 Å². The lowest BCUT2D eigenvalue weighted by Crippen LogP contribution is -2.23. The highest BCUT2D eigenvalue weighted by molar-refractivity contribution is 5.72. The zero-order valence-electron chi connectivity index (χ0n) is 13.0. The second-order valence-electron chi connectivity index (χ2n) is 6.03. The number of nitrogens with two attached hydrogens (primary N) is 1. The minimum Gasteiger partial charge on any atom is -0.341 e. The molecule has 1 aliphatic rings. The topological polar surface area (TPSA) is 29.3 Å². The Balaban J connectivity index is 1.99. The number of hydrogen-bond acceptors (Lipinski definition) is 2. The molecule has 1 unspecified atom stereocenters. The first-order chi connectivity index (χ1) is 10.2. The van der Waals surface area contributed by atoms with Gasteiger partial charge in [0.1, 0.15) is 0 Å². The molecule has 0 aliphatic carbocycles. The van der Waals surface area contributed by atoms with E-state index in [4.69, 9.17) is 5.73 Å². The maximum Gasteiger partial charge on any atom is 0.0444 e. The van der Waals surface area contributed by atoms with Crippen molar-refractivity contribution in [3.05, 3.63) is 59.2 Å². The van der Waals surface area contributed by atoms with Crippen molar-refractivity contribution in [1.82, 2.24) is 0 Å². The third-order valence-electron chi connectivity index (χ3n) is 4.42. The highest BCUT2D eigenvalue weighted by Gasteiger charge is 2.22. The van der Waals surface area contributed by atoms with E-state index in [1.165, 1.54) is 28.1 Å². The number of rotatable bonds is 4. The van der Waals surface area contributed by atoms with Gasteiger partial charge in [-0.2, -0.15) is 0 Å². The SMILES string of the molecule is CCC(N)Cc1cc(C)ccc1N1CCc2ccccc21. The average Bonchev–Trinajstić information content (AvgIpc) is 2.91. The third kappa shape index (κ3) is 2.81. The van der Waals surface area contributed by atoms with Gasteiger partial charge in [0, 0.05) is 24.0 Å². The molecule has 2 nitrogen and oxygen atoms in total. The lowest BCUT2D eigenvalue weighted by Gasteiger charge is -2.24. The minimum absolute atomic E-state index is 0.239. The van der Waals surface area contributed by atoms with E-state index in [0.29, 0.717) is 0 Å². The Hall–Kier alpha value is -1.80. The van der Waals surface area contributed by atoms with Crippen molar-refractivity contribution in [2.75, 3.05) is 11.4 Å². The summed E-state index contributed by atoms with van der Waals surface area (Å²) in [5.41, 5.74) is 13.0. The van der Waals surface area contributed by atoms with Crippen LogP contribution < -0.4 is 10.6 Å². The fraction of sp³-hybridized carbons (Fsp3) is 0.368. The van der Waals surface area contributed by atoms with E-state index in [-0.39, 0.29) is 6.04 Å². The summed E-state index contributed by atoms with van der Waals surface area (Å²) in [5, 5.41) is 0. The summed E-state index contributed by atoms with van der Waals surface area (Å²) >= 11 is 0. The molecule has 1 atom stereocenters. The van der Waals surface area contributed by atoms with Gasteiger partial charge >= 0.3 is 0 Å². The normalized spacial score (nSPS) is 15.1. The Morgan fingerprint density at radius 3 is 2.76 bits per heavy atom. The molecule has 0 spiro atoms. The first-order valence-electron chi connectivity index (χ1n) is 7.89. The fourth-order valence-electron chi connectivity index (χ4n) is 3.16. The van der Waals surface area contributed by atoms with Crippen molar-refractivity contribution in [1.29, 1.82) is 0 Å². The van der Waals surface area contributed by atoms with Crippen LogP contribution in [0.25, 0.3) is 0 Å². The van der Waals surface area contributed by atoms with Gasteiger partial charge in [-0.1, -0.05) is 42.8 Å². The molecule has 1 aliphatic heterocycles. The van der Waals surface area contributed by atoms with Gasteiger partial charge in [0.2, 0.25) is 0 Å². The standard InChI is InChI=1S/C19H24N2/c1-3-17(20)13-16-12-14(2)8-9-19(16)21-11-10-15-6-4-5-7-18(15)21/h4-9,12,17H,3,10-11,13,20H2,1-2H3. The van der Waals surface area contributed by atoms with E-state index in [0.717, 1.165) is 25.8 Å². The summed E-state index contributed by atoms with van der Waals surface area (Å²) in [4.78, 5) is 2.45. The Morgan fingerprint density at radius 2 is 1.95 bits per heavy atom. The molecule has 1 heterocycles. The molecule has 110 valence electrons. The predicted octanol–water partition coefficient (Wildman–Crippen LogP) is 3.97. The average molecular weight is 280 g/mol. The van der Waals surface area contributed by atoms with Gasteiger partial charge in [-0.15, -0.1) is 0 Å². The molecule has 0 saturated carbocycles. The van der Waals surface area contributed by atoms with Crippen LogP contribution in [0.5, 0.6) is 0 Å². The Morgan fingerprint density at radius 1 is 1.14 bits per heavy atom. The molecule has 3 rings (SSSR count). The summed E-state index contributed by atoms with van der Waals surface area (Å²) in [6, 6.07) is 15.7. The van der Waals surface area contributed by atoms with Crippen LogP contribution in [0.4, 0.5) is 11.4 Å². The second-order valence-corrected chi connectivity index (χ2v) is 6.03. The monoisotopic (exact) mass is 280 g/mol. The number of para-hydroxylation sites is 1. The second kappa shape index (κ2) is 5.90. The zero-order valence-corrected chi connectivity index (χ0v) is 13.0. The van der Waals surface area contributed by atoms with Crippen LogP contribution in [0.3, 0.4) is 0 Å². The minimum atomic E-state index is 0.239. The van der Waals surface area contributed by atoms with Gasteiger partial charge in [0.25, 0.3) is 0 Å². The number of anilines is 2. The molecule has 21 heavy (non-hydrogen) atoms. The number of benzene rings is 2. The molecule has 0 aromatic heterocycles. The van der Waals surface area contributed by atoms with Crippen LogP contribution in [0.1, 0.15) is 30.0 Å². The summed E-state index contributed by atoms with van der Waals surface area (Å²) in [5.74, 6) is 0. The van der Waals surface area contributed by atoms with E-state index in [2.05, 4.69) is 61.2 Å². The van der Waals surface area contributed by atoms with Gasteiger partial charge in [-0.05, 0) is 49.4 Å². The van der Waals surface area contributed by atoms with Gasteiger partial charge < -0.3 is 10.6 Å². The zero-order chi connectivity index (χ0) is 14.8. The van der Waals surface area contributed by atoms with Crippen molar-refractivity contribution in [3.8, 4) is 0 Å². The van der Waals surface area contributed by atoms with Crippen LogP contribution in [-0.4, -0.2) is 12.6 Å². The molecule has 0 bridgehead atoms. The fourth-order valence-corrected chi connectivity index (χ4v) is 3.16. The van der Waals surface area contributed by atoms with Gasteiger partial charge in [-0.3, -0.25) is 0 Å². The molecule has 2 N–H and O–H groups in total. The van der Waals surface area contributed by atoms with E-state index in [9.17, 15) is 0 Å². The summed E-state index contributed by atoms with van der Waals surface area (Å²) in [6.45, 7) is 5.38. The molecule has 0 radical (unpaired) electrons. The Bertz CT molecular complexity index is 633. The molecular weight excluding hydrogens is 256 g/mol. The van der Waals surface area contributed by atoms with Crippen LogP contribution >= 0.6 is 0 Å². The molecular formula is C19H24N2. The van der Waals surface area contributed by atoms with Crippen LogP contribution in [0, 0.1) is 6.92 Å². The van der Waals surface area contributed by atoms with Crippen LogP contribution in [-0.2, 0) is 12.8 Å². The lowest BCUT2D eigenvalue weighted by atomic mass is 10.00. The smallest absolute Gasteiger partial charge is 0.0444 e. The Kier molecular flexibility index (Phi) is 3.98. The van der Waals surface area contributed by atoms with Crippen molar-refractivity contribution < 1.29 is 0 Å². The molecule has 0 fully saturated rings. The van der Waals surface area contributed by atoms with Crippen molar-refractivity contribution >= 4 is 11.4 Å². The van der Waals surface area contributed by atoms with E-state index >= 15 is 0 Å². The largest absolute Gasteiger partial charge is 0.341 e. The number of hydrogen-bond donors (Lipinski definition) is 1. The third-order valence-corrected chi connectivity index (χ3v) is 4.42. The lowest BCUT2D eigenvalue weighted by molar-refractivity contribution is 0.646. The summed E-state index contributed by atoms with van der Waals surface area (Å²) < 4.78 is 0. The first kappa shape index (κ1) is 14.2. The van der Waals surface area contributed by atoms with Crippen LogP contribution in [0.2, 0.25) is 0 Å². The highest BCUT2D eigenvalue weighted by atomic mass is 15.2. The maximum absolute atomic E-state index is 6.20. The van der Waals surface area contributed by atoms with Crippen molar-refractivity contribution in [3.63, 3.8) is 0 Å². The summed E-state index contributed by atoms with van der Waals surface area (Å²) in [7, 11) is 0. The predicted molar refractivity (Wildman–Crippen MR) is 90.3 cm³/mol. The number of nitrogens with zero attached hydrogens (tertiary/aromatic N) is 1. The molecule has 0 amide bonds. The number of fused-ring (bicyclic) bond motifs is 1. The van der Waals surface area contributed by atoms with Crippen molar-refractivity contribution in [2.45, 2.75) is 39.2 Å². The highest BCUT2D eigenvalue weighted by Crippen LogP contribution is 2.36. The molecule has 2 aromatic rings. The van der Waals surface area contributed by atoms with Gasteiger partial charge in [0.15, 0.2) is 0 Å². The number of aryl methyl sites for hydroxylation is 1. The Labute approximate surface area is 127 Å².